The molecule has 0 atom stereocenters. The Labute approximate surface area is 65.8 Å². The second-order valence-corrected chi connectivity index (χ2v) is 2.55. The van der Waals surface area contributed by atoms with Crippen LogP contribution in [0.15, 0.2) is 6.20 Å². The van der Waals surface area contributed by atoms with E-state index in [4.69, 9.17) is 0 Å². The lowest BCUT2D eigenvalue weighted by Crippen LogP contribution is -1.92. The van der Waals surface area contributed by atoms with Gasteiger partial charge in [-0.15, -0.1) is 0 Å². The number of hydrogen-bond donors (Lipinski definition) is 1. The molecule has 1 rings (SSSR count). The van der Waals surface area contributed by atoms with Gasteiger partial charge in [0.1, 0.15) is 11.5 Å². The van der Waals surface area contributed by atoms with Crippen LogP contribution >= 0.6 is 0 Å². The first-order chi connectivity index (χ1) is 5.24. The Balaban J connectivity index is 2.73. The first-order valence-corrected chi connectivity index (χ1v) is 3.79. The maximum Gasteiger partial charge on any atom is 0.177 e. The highest BCUT2D eigenvalue weighted by molar-refractivity contribution is 5.91. The number of nitrogens with zero attached hydrogens (tertiary/aromatic N) is 1. The van der Waals surface area contributed by atoms with Crippen LogP contribution in [-0.4, -0.2) is 15.8 Å². The summed E-state index contributed by atoms with van der Waals surface area (Å²) in [6, 6.07) is 0. The van der Waals surface area contributed by atoms with Gasteiger partial charge >= 0.3 is 0 Å². The van der Waals surface area contributed by atoms with Crippen molar-refractivity contribution in [2.75, 3.05) is 0 Å². The van der Waals surface area contributed by atoms with E-state index >= 15 is 0 Å². The van der Waals surface area contributed by atoms with Crippen LogP contribution in [0.4, 0.5) is 0 Å². The molecule has 1 N–H and O–H groups in total. The summed E-state index contributed by atoms with van der Waals surface area (Å²) in [5, 5.41) is 0. The standard InChI is InChI=1S/C8H12N2O/c1-3-4-8-9-5-7(10-8)6(2)11/h5H,3-4H2,1-2H3,(H,9,10). The molecule has 0 aliphatic carbocycles. The summed E-state index contributed by atoms with van der Waals surface area (Å²) < 4.78 is 0. The molecule has 0 aliphatic rings. The molecule has 0 saturated carbocycles. The second kappa shape index (κ2) is 3.32. The Morgan fingerprint density at radius 1 is 1.73 bits per heavy atom. The van der Waals surface area contributed by atoms with E-state index < -0.39 is 0 Å². The number of aryl methyl sites for hydroxylation is 1. The summed E-state index contributed by atoms with van der Waals surface area (Å²) in [5.41, 5.74) is 0.605. The number of carbonyl (C=O) groups excluding carboxylic acids is 1. The third-order valence-electron chi connectivity index (χ3n) is 1.49. The smallest absolute Gasteiger partial charge is 0.177 e. The Morgan fingerprint density at radius 3 is 2.91 bits per heavy atom. The lowest BCUT2D eigenvalue weighted by atomic mass is 10.3. The fraction of sp³-hybridized carbons (Fsp3) is 0.500. The highest BCUT2D eigenvalue weighted by atomic mass is 16.1. The number of aromatic nitrogens is 2. The van der Waals surface area contributed by atoms with Crippen molar-refractivity contribution in [3.8, 4) is 0 Å². The van der Waals surface area contributed by atoms with Crippen LogP contribution in [0.2, 0.25) is 0 Å². The molecule has 0 saturated heterocycles. The van der Waals surface area contributed by atoms with E-state index in [1.807, 2.05) is 0 Å². The summed E-state index contributed by atoms with van der Waals surface area (Å²) >= 11 is 0. The van der Waals surface area contributed by atoms with Gasteiger partial charge in [0.2, 0.25) is 0 Å². The molecule has 0 aromatic carbocycles. The fourth-order valence-electron chi connectivity index (χ4n) is 0.905. The van der Waals surface area contributed by atoms with Gasteiger partial charge in [-0.2, -0.15) is 0 Å². The third kappa shape index (κ3) is 1.90. The van der Waals surface area contributed by atoms with E-state index in [-0.39, 0.29) is 5.78 Å². The topological polar surface area (TPSA) is 45.8 Å². The lowest BCUT2D eigenvalue weighted by Gasteiger charge is -1.89. The van der Waals surface area contributed by atoms with E-state index in [1.54, 1.807) is 6.20 Å². The fourth-order valence-corrected chi connectivity index (χ4v) is 0.905. The van der Waals surface area contributed by atoms with E-state index in [0.717, 1.165) is 18.7 Å². The molecule has 0 bridgehead atoms. The minimum atomic E-state index is 0.0415. The number of imidazole rings is 1. The minimum absolute atomic E-state index is 0.0415. The predicted octanol–water partition coefficient (Wildman–Crippen LogP) is 1.56. The molecular formula is C8H12N2O. The Bertz CT molecular complexity index is 252. The molecule has 3 nitrogen and oxygen atoms in total. The largest absolute Gasteiger partial charge is 0.340 e. The molecule has 1 aromatic rings. The zero-order valence-electron chi connectivity index (χ0n) is 6.85. The second-order valence-electron chi connectivity index (χ2n) is 2.55. The SMILES string of the molecule is CCCc1ncc(C(C)=O)[nH]1. The van der Waals surface area contributed by atoms with Crippen LogP contribution in [-0.2, 0) is 6.42 Å². The van der Waals surface area contributed by atoms with Gasteiger partial charge in [-0.05, 0) is 6.42 Å². The van der Waals surface area contributed by atoms with E-state index in [2.05, 4.69) is 16.9 Å². The molecule has 0 fully saturated rings. The number of nitrogens with one attached hydrogen (secondary N) is 1. The van der Waals surface area contributed by atoms with Crippen molar-refractivity contribution in [1.82, 2.24) is 9.97 Å². The summed E-state index contributed by atoms with van der Waals surface area (Å²) in [5.74, 6) is 0.942. The molecule has 0 amide bonds. The lowest BCUT2D eigenvalue weighted by molar-refractivity contribution is 0.101. The first-order valence-electron chi connectivity index (χ1n) is 3.79. The zero-order chi connectivity index (χ0) is 8.27. The summed E-state index contributed by atoms with van der Waals surface area (Å²) in [7, 11) is 0. The van der Waals surface area contributed by atoms with Crippen LogP contribution in [0.1, 0.15) is 36.6 Å². The quantitative estimate of drug-likeness (QED) is 0.668. The van der Waals surface area contributed by atoms with E-state index in [0.29, 0.717) is 5.69 Å². The van der Waals surface area contributed by atoms with E-state index in [1.165, 1.54) is 6.92 Å². The number of aromatic amines is 1. The summed E-state index contributed by atoms with van der Waals surface area (Å²) in [4.78, 5) is 17.8. The molecule has 1 heterocycles. The average molecular weight is 152 g/mol. The maximum atomic E-state index is 10.8. The van der Waals surface area contributed by atoms with Crippen molar-refractivity contribution >= 4 is 5.78 Å². The van der Waals surface area contributed by atoms with Crippen LogP contribution in [0, 0.1) is 0 Å². The molecule has 0 aliphatic heterocycles. The molecule has 3 heteroatoms. The number of H-pyrrole nitrogens is 1. The van der Waals surface area contributed by atoms with Crippen LogP contribution in [0.3, 0.4) is 0 Å². The summed E-state index contributed by atoms with van der Waals surface area (Å²) in [6.45, 7) is 3.61. The maximum absolute atomic E-state index is 10.8. The van der Waals surface area contributed by atoms with Gasteiger partial charge in [-0.25, -0.2) is 4.98 Å². The number of ketones is 1. The average Bonchev–Trinajstić information content (AvgIpc) is 2.37. The van der Waals surface area contributed by atoms with Crippen LogP contribution in [0.25, 0.3) is 0 Å². The number of rotatable bonds is 3. The molecule has 0 unspecified atom stereocenters. The van der Waals surface area contributed by atoms with E-state index in [9.17, 15) is 4.79 Å². The molecule has 0 radical (unpaired) electrons. The van der Waals surface area contributed by atoms with Gasteiger partial charge in [-0.1, -0.05) is 6.92 Å². The highest BCUT2D eigenvalue weighted by Gasteiger charge is 2.02. The van der Waals surface area contributed by atoms with Crippen molar-refractivity contribution in [1.29, 1.82) is 0 Å². The first kappa shape index (κ1) is 7.98. The monoisotopic (exact) mass is 152 g/mol. The van der Waals surface area contributed by atoms with Gasteiger partial charge in [0, 0.05) is 13.3 Å². The zero-order valence-corrected chi connectivity index (χ0v) is 6.85. The molecular weight excluding hydrogens is 140 g/mol. The molecule has 60 valence electrons. The third-order valence-corrected chi connectivity index (χ3v) is 1.49. The number of Topliss-reactive ketones (excluding diaryl/α,β-unsaturated/α-hetero) is 1. The molecule has 0 spiro atoms. The highest BCUT2D eigenvalue weighted by Crippen LogP contribution is 1.99. The Kier molecular flexibility index (Phi) is 2.41. The summed E-state index contributed by atoms with van der Waals surface area (Å²) in [6.07, 6.45) is 3.55. The van der Waals surface area contributed by atoms with Crippen molar-refractivity contribution in [3.05, 3.63) is 17.7 Å². The van der Waals surface area contributed by atoms with Crippen molar-refractivity contribution < 1.29 is 4.79 Å². The normalized spacial score (nSPS) is 10.0. The predicted molar refractivity (Wildman–Crippen MR) is 42.6 cm³/mol. The van der Waals surface area contributed by atoms with Crippen LogP contribution in [0.5, 0.6) is 0 Å². The minimum Gasteiger partial charge on any atom is -0.340 e. The van der Waals surface area contributed by atoms with Gasteiger partial charge in [0.15, 0.2) is 5.78 Å². The van der Waals surface area contributed by atoms with Crippen LogP contribution < -0.4 is 0 Å². The number of hydrogen-bond acceptors (Lipinski definition) is 2. The van der Waals surface area contributed by atoms with Gasteiger partial charge in [0.05, 0.1) is 6.20 Å². The van der Waals surface area contributed by atoms with Gasteiger partial charge < -0.3 is 4.98 Å². The Morgan fingerprint density at radius 2 is 2.45 bits per heavy atom. The van der Waals surface area contributed by atoms with Crippen molar-refractivity contribution in [3.63, 3.8) is 0 Å². The Hall–Kier alpha value is -1.12. The number of carbonyl (C=O) groups is 1. The van der Waals surface area contributed by atoms with Crippen molar-refractivity contribution in [2.45, 2.75) is 26.7 Å². The molecule has 11 heavy (non-hydrogen) atoms. The van der Waals surface area contributed by atoms with Gasteiger partial charge in [-0.3, -0.25) is 4.79 Å². The van der Waals surface area contributed by atoms with Crippen molar-refractivity contribution in [2.24, 2.45) is 0 Å². The van der Waals surface area contributed by atoms with Gasteiger partial charge in [0.25, 0.3) is 0 Å². The molecule has 1 aromatic heterocycles.